The molecule has 1 saturated carbocycles. The molecule has 170 valence electrons. The largest absolute Gasteiger partial charge is 0.354 e. The van der Waals surface area contributed by atoms with E-state index in [9.17, 15) is 21.6 Å². The molecule has 2 fully saturated rings. The van der Waals surface area contributed by atoms with Gasteiger partial charge in [0.2, 0.25) is 0 Å². The molecule has 2 heterocycles. The van der Waals surface area contributed by atoms with E-state index in [0.717, 1.165) is 36.1 Å². The Morgan fingerprint density at radius 1 is 1.12 bits per heavy atom. The first kappa shape index (κ1) is 21.4. The van der Waals surface area contributed by atoms with E-state index in [1.165, 1.54) is 6.26 Å². The predicted octanol–water partition coefficient (Wildman–Crippen LogP) is 2.46. The van der Waals surface area contributed by atoms with Crippen LogP contribution in [0.2, 0.25) is 0 Å². The molecule has 3 aliphatic rings. The third-order valence-electron chi connectivity index (χ3n) is 6.78. The Morgan fingerprint density at radius 2 is 1.81 bits per heavy atom. The number of nitrogens with one attached hydrogen (secondary N) is 1. The number of rotatable bonds is 4. The quantitative estimate of drug-likeness (QED) is 0.723. The summed E-state index contributed by atoms with van der Waals surface area (Å²) >= 11 is 0. The maximum absolute atomic E-state index is 13.3. The zero-order valence-corrected chi connectivity index (χ0v) is 19.4. The van der Waals surface area contributed by atoms with Crippen LogP contribution in [0.4, 0.5) is 11.4 Å². The van der Waals surface area contributed by atoms with Gasteiger partial charge in [0.05, 0.1) is 28.3 Å². The average Bonchev–Trinajstić information content (AvgIpc) is 3.36. The molecule has 2 aliphatic carbocycles. The number of aromatic nitrogens is 1. The summed E-state index contributed by atoms with van der Waals surface area (Å²) in [5.41, 5.74) is 3.95. The van der Waals surface area contributed by atoms with Crippen LogP contribution in [0.15, 0.2) is 35.4 Å². The fourth-order valence-corrected chi connectivity index (χ4v) is 7.06. The number of hydrogen-bond acceptors (Lipinski definition) is 7. The highest BCUT2D eigenvalue weighted by Gasteiger charge is 2.43. The summed E-state index contributed by atoms with van der Waals surface area (Å²) in [6, 6.07) is 6.66. The SMILES string of the molecule is CS(=O)(=O)c1cccc(Nc2cnc(C(=O)N3CCS(=O)(=O)CC3)c3c2C2CCC3C2)c1. The highest BCUT2D eigenvalue weighted by molar-refractivity contribution is 7.91. The first-order valence-electron chi connectivity index (χ1n) is 10.7. The van der Waals surface area contributed by atoms with E-state index in [1.807, 2.05) is 6.07 Å². The van der Waals surface area contributed by atoms with Crippen molar-refractivity contribution in [3.8, 4) is 0 Å². The van der Waals surface area contributed by atoms with Crippen molar-refractivity contribution < 1.29 is 21.6 Å². The second kappa shape index (κ2) is 7.55. The molecule has 1 aromatic carbocycles. The number of hydrogen-bond donors (Lipinski definition) is 1. The van der Waals surface area contributed by atoms with Crippen molar-refractivity contribution in [3.05, 3.63) is 47.3 Å². The molecule has 1 aromatic heterocycles. The van der Waals surface area contributed by atoms with Crippen LogP contribution in [0.1, 0.15) is 52.7 Å². The number of carbonyl (C=O) groups excluding carboxylic acids is 1. The number of pyridine rings is 1. The summed E-state index contributed by atoms with van der Waals surface area (Å²) < 4.78 is 47.3. The topological polar surface area (TPSA) is 114 Å². The van der Waals surface area contributed by atoms with E-state index >= 15 is 0 Å². The zero-order valence-electron chi connectivity index (χ0n) is 17.7. The second-order valence-corrected chi connectivity index (χ2v) is 13.2. The molecule has 8 nitrogen and oxygen atoms in total. The molecule has 2 bridgehead atoms. The lowest BCUT2D eigenvalue weighted by molar-refractivity contribution is 0.0762. The second-order valence-electron chi connectivity index (χ2n) is 8.92. The van der Waals surface area contributed by atoms with Gasteiger partial charge in [0.1, 0.15) is 5.69 Å². The lowest BCUT2D eigenvalue weighted by Crippen LogP contribution is -2.44. The highest BCUT2D eigenvalue weighted by atomic mass is 32.2. The summed E-state index contributed by atoms with van der Waals surface area (Å²) in [7, 11) is -6.40. The van der Waals surface area contributed by atoms with Gasteiger partial charge in [-0.1, -0.05) is 6.07 Å². The maximum Gasteiger partial charge on any atom is 0.272 e. The molecule has 1 N–H and O–H groups in total. The summed E-state index contributed by atoms with van der Waals surface area (Å²) in [6.45, 7) is 0.397. The van der Waals surface area contributed by atoms with E-state index in [4.69, 9.17) is 0 Å². The molecule has 10 heteroatoms. The van der Waals surface area contributed by atoms with Crippen molar-refractivity contribution >= 4 is 37.0 Å². The summed E-state index contributed by atoms with van der Waals surface area (Å²) in [5, 5.41) is 3.33. The van der Waals surface area contributed by atoms with Crippen LogP contribution in [0.3, 0.4) is 0 Å². The molecule has 0 radical (unpaired) electrons. The number of carbonyl (C=O) groups is 1. The van der Waals surface area contributed by atoms with Crippen LogP contribution < -0.4 is 5.32 Å². The Bertz CT molecular complexity index is 1310. The zero-order chi connectivity index (χ0) is 22.7. The fraction of sp³-hybridized carbons (Fsp3) is 0.455. The molecule has 2 aromatic rings. The lowest BCUT2D eigenvalue weighted by atomic mass is 9.89. The predicted molar refractivity (Wildman–Crippen MR) is 121 cm³/mol. The summed E-state index contributed by atoms with van der Waals surface area (Å²) in [5.74, 6) is 0.396. The third kappa shape index (κ3) is 3.79. The van der Waals surface area contributed by atoms with E-state index in [1.54, 1.807) is 29.3 Å². The number of sulfone groups is 2. The van der Waals surface area contributed by atoms with Crippen LogP contribution >= 0.6 is 0 Å². The Morgan fingerprint density at radius 3 is 2.50 bits per heavy atom. The number of anilines is 2. The van der Waals surface area contributed by atoms with Crippen molar-refractivity contribution in [2.75, 3.05) is 36.2 Å². The van der Waals surface area contributed by atoms with E-state index in [2.05, 4.69) is 10.3 Å². The molecule has 2 atom stereocenters. The van der Waals surface area contributed by atoms with Gasteiger partial charge in [-0.3, -0.25) is 4.79 Å². The molecule has 2 unspecified atom stereocenters. The minimum atomic E-state index is -3.32. The van der Waals surface area contributed by atoms with Gasteiger partial charge in [0.25, 0.3) is 5.91 Å². The molecule has 1 amide bonds. The number of nitrogens with zero attached hydrogens (tertiary/aromatic N) is 2. The Hall–Kier alpha value is -2.46. The Labute approximate surface area is 187 Å². The first-order valence-corrected chi connectivity index (χ1v) is 14.4. The van der Waals surface area contributed by atoms with Gasteiger partial charge in [-0.05, 0) is 60.4 Å². The number of benzene rings is 1. The minimum absolute atomic E-state index is 0.0106. The lowest BCUT2D eigenvalue weighted by Gasteiger charge is -2.28. The number of amides is 1. The van der Waals surface area contributed by atoms with Crippen molar-refractivity contribution in [2.45, 2.75) is 36.0 Å². The summed E-state index contributed by atoms with van der Waals surface area (Å²) in [6.07, 6.45) is 5.88. The molecule has 1 aliphatic heterocycles. The standard InChI is InChI=1S/C22H25N3O5S2/c1-31(27,28)17-4-2-3-16(12-17)24-18-13-23-21(20-15-6-5-14(11-15)19(18)20)22(26)25-7-9-32(29,30)10-8-25/h2-4,12-15,24H,5-11H2,1H3. The van der Waals surface area contributed by atoms with E-state index < -0.39 is 19.7 Å². The van der Waals surface area contributed by atoms with Crippen LogP contribution in [0.25, 0.3) is 0 Å². The summed E-state index contributed by atoms with van der Waals surface area (Å²) in [4.78, 5) is 19.6. The van der Waals surface area contributed by atoms with Gasteiger partial charge in [-0.15, -0.1) is 0 Å². The monoisotopic (exact) mass is 475 g/mol. The van der Waals surface area contributed by atoms with E-state index in [-0.39, 0.29) is 41.3 Å². The Kier molecular flexibility index (Phi) is 5.05. The van der Waals surface area contributed by atoms with Crippen molar-refractivity contribution in [2.24, 2.45) is 0 Å². The van der Waals surface area contributed by atoms with Crippen molar-refractivity contribution in [1.29, 1.82) is 0 Å². The van der Waals surface area contributed by atoms with Gasteiger partial charge in [0.15, 0.2) is 19.7 Å². The molecular weight excluding hydrogens is 450 g/mol. The molecule has 32 heavy (non-hydrogen) atoms. The minimum Gasteiger partial charge on any atom is -0.354 e. The molecule has 1 saturated heterocycles. The molecule has 5 rings (SSSR count). The van der Waals surface area contributed by atoms with Gasteiger partial charge in [0, 0.05) is 25.0 Å². The third-order valence-corrected chi connectivity index (χ3v) is 9.50. The Balaban J connectivity index is 1.49. The van der Waals surface area contributed by atoms with Gasteiger partial charge in [-0.2, -0.15) is 0 Å². The fourth-order valence-electron chi connectivity index (χ4n) is 5.20. The van der Waals surface area contributed by atoms with E-state index in [0.29, 0.717) is 17.3 Å². The van der Waals surface area contributed by atoms with Gasteiger partial charge >= 0.3 is 0 Å². The van der Waals surface area contributed by atoms with Gasteiger partial charge < -0.3 is 10.2 Å². The smallest absolute Gasteiger partial charge is 0.272 e. The van der Waals surface area contributed by atoms with Crippen LogP contribution in [0, 0.1) is 0 Å². The van der Waals surface area contributed by atoms with Crippen molar-refractivity contribution in [1.82, 2.24) is 9.88 Å². The van der Waals surface area contributed by atoms with Gasteiger partial charge in [-0.25, -0.2) is 21.8 Å². The highest BCUT2D eigenvalue weighted by Crippen LogP contribution is 2.56. The molecule has 0 spiro atoms. The first-order chi connectivity index (χ1) is 15.1. The number of fused-ring (bicyclic) bond motifs is 5. The van der Waals surface area contributed by atoms with Crippen molar-refractivity contribution in [3.63, 3.8) is 0 Å². The molecular formula is C22H25N3O5S2. The normalized spacial score (nSPS) is 23.7. The van der Waals surface area contributed by atoms with Crippen LogP contribution in [-0.4, -0.2) is 63.5 Å². The maximum atomic E-state index is 13.3. The average molecular weight is 476 g/mol. The van der Waals surface area contributed by atoms with Crippen LogP contribution in [-0.2, 0) is 19.7 Å². The van der Waals surface area contributed by atoms with Crippen LogP contribution in [0.5, 0.6) is 0 Å².